The molecule has 1 N–H and O–H groups in total. The fraction of sp³-hybridized carbons (Fsp3) is 0.312. The number of hydrogen-bond acceptors (Lipinski definition) is 5. The highest BCUT2D eigenvalue weighted by atomic mass is 19.1. The van der Waals surface area contributed by atoms with Crippen molar-refractivity contribution in [2.45, 2.75) is 20.5 Å². The minimum Gasteiger partial charge on any atom is -0.459 e. The van der Waals surface area contributed by atoms with Crippen LogP contribution in [0.25, 0.3) is 0 Å². The van der Waals surface area contributed by atoms with Gasteiger partial charge in [-0.1, -0.05) is 26.0 Å². The van der Waals surface area contributed by atoms with Gasteiger partial charge in [0.2, 0.25) is 0 Å². The summed E-state index contributed by atoms with van der Waals surface area (Å²) in [4.78, 5) is 19.2. The first kappa shape index (κ1) is 16.8. The SMILES string of the molecule is CC(C)C(=O)CNc1nc(OCc2ccc(F)cc2)ncc1F. The number of aromatic nitrogens is 2. The van der Waals surface area contributed by atoms with Gasteiger partial charge in [0.15, 0.2) is 17.4 Å². The minimum atomic E-state index is -0.671. The van der Waals surface area contributed by atoms with Crippen LogP contribution in [-0.2, 0) is 11.4 Å². The molecule has 0 saturated carbocycles. The molecule has 0 atom stereocenters. The summed E-state index contributed by atoms with van der Waals surface area (Å²) in [5.41, 5.74) is 0.726. The lowest BCUT2D eigenvalue weighted by molar-refractivity contribution is -0.120. The second kappa shape index (κ2) is 7.62. The van der Waals surface area contributed by atoms with Crippen LogP contribution in [0, 0.1) is 17.6 Å². The predicted molar refractivity (Wildman–Crippen MR) is 81.1 cm³/mol. The van der Waals surface area contributed by atoms with Crippen LogP contribution in [0.1, 0.15) is 19.4 Å². The Hall–Kier alpha value is -2.57. The van der Waals surface area contributed by atoms with Crippen LogP contribution in [0.5, 0.6) is 6.01 Å². The molecule has 0 aliphatic heterocycles. The minimum absolute atomic E-state index is 0.0248. The summed E-state index contributed by atoms with van der Waals surface area (Å²) in [5, 5.41) is 2.63. The monoisotopic (exact) mass is 321 g/mol. The number of halogens is 2. The molecule has 5 nitrogen and oxygen atoms in total. The first-order valence-corrected chi connectivity index (χ1v) is 7.12. The highest BCUT2D eigenvalue weighted by Crippen LogP contribution is 2.14. The van der Waals surface area contributed by atoms with Crippen LogP contribution in [0.4, 0.5) is 14.6 Å². The van der Waals surface area contributed by atoms with Gasteiger partial charge in [0, 0.05) is 5.92 Å². The van der Waals surface area contributed by atoms with E-state index in [0.29, 0.717) is 0 Å². The van der Waals surface area contributed by atoms with Gasteiger partial charge in [-0.2, -0.15) is 4.98 Å². The van der Waals surface area contributed by atoms with E-state index in [2.05, 4.69) is 15.3 Å². The van der Waals surface area contributed by atoms with Crippen molar-refractivity contribution in [3.05, 3.63) is 47.7 Å². The molecule has 2 rings (SSSR count). The third-order valence-electron chi connectivity index (χ3n) is 3.08. The van der Waals surface area contributed by atoms with Crippen LogP contribution in [0.15, 0.2) is 30.5 Å². The number of carbonyl (C=O) groups is 1. The fourth-order valence-electron chi connectivity index (χ4n) is 1.65. The van der Waals surface area contributed by atoms with Crippen molar-refractivity contribution < 1.29 is 18.3 Å². The highest BCUT2D eigenvalue weighted by Gasteiger charge is 2.11. The Kier molecular flexibility index (Phi) is 5.56. The molecule has 0 fully saturated rings. The summed E-state index contributed by atoms with van der Waals surface area (Å²) in [6.07, 6.45) is 0.967. The number of anilines is 1. The second-order valence-corrected chi connectivity index (χ2v) is 5.24. The van der Waals surface area contributed by atoms with Gasteiger partial charge in [-0.25, -0.2) is 13.8 Å². The average Bonchev–Trinajstić information content (AvgIpc) is 2.53. The van der Waals surface area contributed by atoms with Crippen LogP contribution < -0.4 is 10.1 Å². The van der Waals surface area contributed by atoms with Crippen molar-refractivity contribution in [1.29, 1.82) is 0 Å². The molecule has 23 heavy (non-hydrogen) atoms. The van der Waals surface area contributed by atoms with Crippen molar-refractivity contribution in [1.82, 2.24) is 9.97 Å². The van der Waals surface area contributed by atoms with Crippen LogP contribution in [0.3, 0.4) is 0 Å². The number of hydrogen-bond donors (Lipinski definition) is 1. The van der Waals surface area contributed by atoms with E-state index in [1.165, 1.54) is 12.1 Å². The molecular formula is C16H17F2N3O2. The molecule has 0 spiro atoms. The zero-order valence-corrected chi connectivity index (χ0v) is 12.8. The Morgan fingerprint density at radius 1 is 1.26 bits per heavy atom. The molecule has 1 heterocycles. The quantitative estimate of drug-likeness (QED) is 0.849. The maximum absolute atomic E-state index is 13.6. The predicted octanol–water partition coefficient (Wildman–Crippen LogP) is 2.97. The molecule has 0 aliphatic carbocycles. The first-order chi connectivity index (χ1) is 11.0. The third kappa shape index (κ3) is 4.98. The van der Waals surface area contributed by atoms with E-state index in [1.54, 1.807) is 26.0 Å². The molecule has 1 aromatic heterocycles. The van der Waals surface area contributed by atoms with Gasteiger partial charge in [0.25, 0.3) is 0 Å². The number of Topliss-reactive ketones (excluding diaryl/α,β-unsaturated/α-hetero) is 1. The maximum Gasteiger partial charge on any atom is 0.318 e. The molecule has 0 radical (unpaired) electrons. The van der Waals surface area contributed by atoms with E-state index >= 15 is 0 Å². The smallest absolute Gasteiger partial charge is 0.318 e. The van der Waals surface area contributed by atoms with Crippen LogP contribution in [-0.4, -0.2) is 22.3 Å². The van der Waals surface area contributed by atoms with Gasteiger partial charge in [-0.15, -0.1) is 0 Å². The van der Waals surface area contributed by atoms with E-state index in [4.69, 9.17) is 4.74 Å². The van der Waals surface area contributed by atoms with E-state index in [1.807, 2.05) is 0 Å². The Morgan fingerprint density at radius 3 is 2.61 bits per heavy atom. The van der Waals surface area contributed by atoms with Gasteiger partial charge in [-0.05, 0) is 17.7 Å². The molecule has 7 heteroatoms. The molecule has 0 aliphatic rings. The fourth-order valence-corrected chi connectivity index (χ4v) is 1.65. The Bertz CT molecular complexity index is 676. The standard InChI is InChI=1S/C16H17F2N3O2/c1-10(2)14(22)8-19-15-13(18)7-20-16(21-15)23-9-11-3-5-12(17)6-4-11/h3-7,10H,8-9H2,1-2H3,(H,19,20,21). The van der Waals surface area contributed by atoms with E-state index in [-0.39, 0.29) is 42.5 Å². The Morgan fingerprint density at radius 2 is 1.96 bits per heavy atom. The topological polar surface area (TPSA) is 64.1 Å². The number of carbonyl (C=O) groups excluding carboxylic acids is 1. The highest BCUT2D eigenvalue weighted by molar-refractivity contribution is 5.84. The van der Waals surface area contributed by atoms with Crippen molar-refractivity contribution in [3.8, 4) is 6.01 Å². The van der Waals surface area contributed by atoms with Crippen molar-refractivity contribution in [2.75, 3.05) is 11.9 Å². The van der Waals surface area contributed by atoms with Crippen molar-refractivity contribution >= 4 is 11.6 Å². The molecule has 1 aromatic carbocycles. The molecule has 2 aromatic rings. The molecular weight excluding hydrogens is 304 g/mol. The normalized spacial score (nSPS) is 10.7. The third-order valence-corrected chi connectivity index (χ3v) is 3.08. The van der Waals surface area contributed by atoms with Crippen LogP contribution >= 0.6 is 0 Å². The summed E-state index contributed by atoms with van der Waals surface area (Å²) >= 11 is 0. The number of ether oxygens (including phenoxy) is 1. The zero-order chi connectivity index (χ0) is 16.8. The number of benzene rings is 1. The van der Waals surface area contributed by atoms with E-state index in [0.717, 1.165) is 11.8 Å². The lowest BCUT2D eigenvalue weighted by Crippen LogP contribution is -2.20. The van der Waals surface area contributed by atoms with Crippen molar-refractivity contribution in [2.24, 2.45) is 5.92 Å². The number of ketones is 1. The molecule has 0 bridgehead atoms. The summed E-state index contributed by atoms with van der Waals surface area (Å²) < 4.78 is 31.8. The van der Waals surface area contributed by atoms with Gasteiger partial charge >= 0.3 is 6.01 Å². The summed E-state index contributed by atoms with van der Waals surface area (Å²) in [5.74, 6) is -1.31. The number of nitrogens with one attached hydrogen (secondary N) is 1. The second-order valence-electron chi connectivity index (χ2n) is 5.24. The number of nitrogens with zero attached hydrogens (tertiary/aromatic N) is 2. The lowest BCUT2D eigenvalue weighted by Gasteiger charge is -2.09. The Labute approximate surface area is 132 Å². The molecule has 0 amide bonds. The molecule has 122 valence electrons. The van der Waals surface area contributed by atoms with Gasteiger partial charge in [0.05, 0.1) is 12.7 Å². The van der Waals surface area contributed by atoms with Crippen LogP contribution in [0.2, 0.25) is 0 Å². The number of rotatable bonds is 7. The summed E-state index contributed by atoms with van der Waals surface area (Å²) in [6.45, 7) is 3.62. The largest absolute Gasteiger partial charge is 0.459 e. The lowest BCUT2D eigenvalue weighted by atomic mass is 10.1. The van der Waals surface area contributed by atoms with Gasteiger partial charge in [-0.3, -0.25) is 4.79 Å². The summed E-state index contributed by atoms with van der Waals surface area (Å²) in [7, 11) is 0. The molecule has 0 unspecified atom stereocenters. The molecule has 0 saturated heterocycles. The van der Waals surface area contributed by atoms with E-state index in [9.17, 15) is 13.6 Å². The average molecular weight is 321 g/mol. The maximum atomic E-state index is 13.6. The van der Waals surface area contributed by atoms with Crippen molar-refractivity contribution in [3.63, 3.8) is 0 Å². The first-order valence-electron chi connectivity index (χ1n) is 7.12. The Balaban J connectivity index is 1.98. The summed E-state index contributed by atoms with van der Waals surface area (Å²) in [6, 6.07) is 5.73. The van der Waals surface area contributed by atoms with E-state index < -0.39 is 5.82 Å². The zero-order valence-electron chi connectivity index (χ0n) is 12.8. The van der Waals surface area contributed by atoms with Gasteiger partial charge in [0.1, 0.15) is 12.4 Å². The van der Waals surface area contributed by atoms with Gasteiger partial charge < -0.3 is 10.1 Å².